The first-order valence-corrected chi connectivity index (χ1v) is 7.39. The summed E-state index contributed by atoms with van der Waals surface area (Å²) in [6, 6.07) is 1.07. The Bertz CT molecular complexity index is 197. The van der Waals surface area contributed by atoms with Crippen LogP contribution in [0.5, 0.6) is 0 Å². The van der Waals surface area contributed by atoms with Crippen molar-refractivity contribution in [3.05, 3.63) is 0 Å². The fraction of sp³-hybridized carbons (Fsp3) is 1.00. The van der Waals surface area contributed by atoms with Crippen LogP contribution in [0.1, 0.15) is 41.5 Å². The molecule has 0 aliphatic heterocycles. The monoisotopic (exact) mass is 258 g/mol. The van der Waals surface area contributed by atoms with Crippen molar-refractivity contribution < 1.29 is 4.74 Å². The number of ether oxygens (including phenoxy) is 1. The summed E-state index contributed by atoms with van der Waals surface area (Å²) in [6.07, 6.45) is 0. The third-order valence-electron chi connectivity index (χ3n) is 3.70. The standard InChI is InChI=1S/C15H34N2O/c1-8-17(14(5)11-18-7)15(6)13(4)10-16-9-12(2)3/h12-16H,8-11H2,1-7H3. The second-order valence-electron chi connectivity index (χ2n) is 5.90. The molecule has 0 aromatic heterocycles. The van der Waals surface area contributed by atoms with Gasteiger partial charge in [-0.05, 0) is 45.3 Å². The Morgan fingerprint density at radius 1 is 1.06 bits per heavy atom. The zero-order valence-electron chi connectivity index (χ0n) is 13.5. The molecule has 18 heavy (non-hydrogen) atoms. The Kier molecular flexibility index (Phi) is 9.70. The molecule has 0 aromatic carbocycles. The molecular weight excluding hydrogens is 224 g/mol. The highest BCUT2D eigenvalue weighted by Gasteiger charge is 2.22. The lowest BCUT2D eigenvalue weighted by atomic mass is 10.00. The minimum absolute atomic E-state index is 0.488. The van der Waals surface area contributed by atoms with E-state index in [1.807, 2.05) is 0 Å². The van der Waals surface area contributed by atoms with Crippen molar-refractivity contribution >= 4 is 0 Å². The molecule has 0 heterocycles. The lowest BCUT2D eigenvalue weighted by Gasteiger charge is -2.36. The van der Waals surface area contributed by atoms with E-state index < -0.39 is 0 Å². The molecule has 3 unspecified atom stereocenters. The van der Waals surface area contributed by atoms with Crippen LogP contribution in [0.15, 0.2) is 0 Å². The van der Waals surface area contributed by atoms with E-state index in [4.69, 9.17) is 4.74 Å². The molecule has 3 nitrogen and oxygen atoms in total. The Morgan fingerprint density at radius 2 is 1.67 bits per heavy atom. The fourth-order valence-corrected chi connectivity index (χ4v) is 2.44. The first-order chi connectivity index (χ1) is 8.43. The molecule has 3 heteroatoms. The van der Waals surface area contributed by atoms with Crippen molar-refractivity contribution in [2.24, 2.45) is 11.8 Å². The molecular formula is C15H34N2O. The number of rotatable bonds is 10. The van der Waals surface area contributed by atoms with Gasteiger partial charge in [-0.3, -0.25) is 4.90 Å². The molecule has 1 N–H and O–H groups in total. The summed E-state index contributed by atoms with van der Waals surface area (Å²) >= 11 is 0. The van der Waals surface area contributed by atoms with E-state index in [9.17, 15) is 0 Å². The number of methoxy groups -OCH3 is 1. The molecule has 110 valence electrons. The summed E-state index contributed by atoms with van der Waals surface area (Å²) in [4.78, 5) is 2.53. The lowest BCUT2D eigenvalue weighted by Crippen LogP contribution is -2.47. The van der Waals surface area contributed by atoms with Gasteiger partial charge in [-0.25, -0.2) is 0 Å². The summed E-state index contributed by atoms with van der Waals surface area (Å²) in [7, 11) is 1.78. The number of likely N-dealkylation sites (N-methyl/N-ethyl adjacent to an activating group) is 1. The SMILES string of the molecule is CCN(C(C)COC)C(C)C(C)CNCC(C)C. The van der Waals surface area contributed by atoms with Gasteiger partial charge in [-0.2, -0.15) is 0 Å². The van der Waals surface area contributed by atoms with Gasteiger partial charge >= 0.3 is 0 Å². The lowest BCUT2D eigenvalue weighted by molar-refractivity contribution is 0.0605. The molecule has 0 bridgehead atoms. The predicted molar refractivity (Wildman–Crippen MR) is 80.1 cm³/mol. The zero-order valence-corrected chi connectivity index (χ0v) is 13.5. The van der Waals surface area contributed by atoms with Gasteiger partial charge in [0.05, 0.1) is 6.61 Å². The van der Waals surface area contributed by atoms with E-state index in [0.717, 1.165) is 32.2 Å². The van der Waals surface area contributed by atoms with Gasteiger partial charge < -0.3 is 10.1 Å². The normalized spacial score (nSPS) is 17.2. The summed E-state index contributed by atoms with van der Waals surface area (Å²) in [5.74, 6) is 1.38. The highest BCUT2D eigenvalue weighted by atomic mass is 16.5. The van der Waals surface area contributed by atoms with Crippen LogP contribution >= 0.6 is 0 Å². The topological polar surface area (TPSA) is 24.5 Å². The van der Waals surface area contributed by atoms with E-state index in [0.29, 0.717) is 18.0 Å². The van der Waals surface area contributed by atoms with Crippen LogP contribution < -0.4 is 5.32 Å². The van der Waals surface area contributed by atoms with E-state index in [1.165, 1.54) is 0 Å². The molecule has 0 spiro atoms. The van der Waals surface area contributed by atoms with Gasteiger partial charge in [-0.15, -0.1) is 0 Å². The Labute approximate surface area is 114 Å². The molecule has 0 rings (SSSR count). The summed E-state index contributed by atoms with van der Waals surface area (Å²) in [5, 5.41) is 3.56. The summed E-state index contributed by atoms with van der Waals surface area (Å²) in [5.41, 5.74) is 0. The number of nitrogens with zero attached hydrogens (tertiary/aromatic N) is 1. The summed E-state index contributed by atoms with van der Waals surface area (Å²) < 4.78 is 5.27. The van der Waals surface area contributed by atoms with Crippen LogP contribution in [0.3, 0.4) is 0 Å². The maximum Gasteiger partial charge on any atom is 0.0615 e. The van der Waals surface area contributed by atoms with Crippen LogP contribution in [-0.4, -0.2) is 50.3 Å². The van der Waals surface area contributed by atoms with Gasteiger partial charge in [0.15, 0.2) is 0 Å². The zero-order chi connectivity index (χ0) is 14.1. The van der Waals surface area contributed by atoms with E-state index in [1.54, 1.807) is 7.11 Å². The van der Waals surface area contributed by atoms with Crippen molar-refractivity contribution in [2.75, 3.05) is 33.4 Å². The van der Waals surface area contributed by atoms with Crippen molar-refractivity contribution in [3.63, 3.8) is 0 Å². The van der Waals surface area contributed by atoms with Crippen molar-refractivity contribution in [3.8, 4) is 0 Å². The summed E-state index contributed by atoms with van der Waals surface area (Å²) in [6.45, 7) is 17.7. The first kappa shape index (κ1) is 17.9. The molecule has 0 fully saturated rings. The predicted octanol–water partition coefficient (Wildman–Crippen LogP) is 2.61. The van der Waals surface area contributed by atoms with Crippen LogP contribution in [0.25, 0.3) is 0 Å². The van der Waals surface area contributed by atoms with Gasteiger partial charge in [0.2, 0.25) is 0 Å². The van der Waals surface area contributed by atoms with E-state index >= 15 is 0 Å². The third-order valence-corrected chi connectivity index (χ3v) is 3.70. The van der Waals surface area contributed by atoms with Crippen molar-refractivity contribution in [2.45, 2.75) is 53.6 Å². The molecule has 0 aliphatic carbocycles. The minimum atomic E-state index is 0.488. The number of hydrogen-bond donors (Lipinski definition) is 1. The highest BCUT2D eigenvalue weighted by Crippen LogP contribution is 2.14. The first-order valence-electron chi connectivity index (χ1n) is 7.39. The third kappa shape index (κ3) is 6.72. The second kappa shape index (κ2) is 9.76. The molecule has 0 aliphatic rings. The maximum atomic E-state index is 5.27. The second-order valence-corrected chi connectivity index (χ2v) is 5.90. The van der Waals surface area contributed by atoms with Crippen LogP contribution in [0.2, 0.25) is 0 Å². The number of hydrogen-bond acceptors (Lipinski definition) is 3. The quantitative estimate of drug-likeness (QED) is 0.652. The fourth-order valence-electron chi connectivity index (χ4n) is 2.44. The van der Waals surface area contributed by atoms with E-state index in [2.05, 4.69) is 51.8 Å². The largest absolute Gasteiger partial charge is 0.383 e. The highest BCUT2D eigenvalue weighted by molar-refractivity contribution is 4.78. The van der Waals surface area contributed by atoms with Crippen LogP contribution in [0.4, 0.5) is 0 Å². The van der Waals surface area contributed by atoms with Crippen molar-refractivity contribution in [1.82, 2.24) is 10.2 Å². The smallest absolute Gasteiger partial charge is 0.0615 e. The minimum Gasteiger partial charge on any atom is -0.383 e. The Balaban J connectivity index is 4.17. The van der Waals surface area contributed by atoms with Crippen LogP contribution in [-0.2, 0) is 4.74 Å². The van der Waals surface area contributed by atoms with Gasteiger partial charge in [0.1, 0.15) is 0 Å². The molecule has 0 aromatic rings. The van der Waals surface area contributed by atoms with Gasteiger partial charge in [0.25, 0.3) is 0 Å². The molecule has 0 saturated heterocycles. The van der Waals surface area contributed by atoms with Crippen molar-refractivity contribution in [1.29, 1.82) is 0 Å². The van der Waals surface area contributed by atoms with Crippen LogP contribution in [0, 0.1) is 11.8 Å². The molecule has 0 saturated carbocycles. The molecule has 0 amide bonds. The van der Waals surface area contributed by atoms with Gasteiger partial charge in [0, 0.05) is 19.2 Å². The molecule has 0 radical (unpaired) electrons. The van der Waals surface area contributed by atoms with E-state index in [-0.39, 0.29) is 0 Å². The average Bonchev–Trinajstić information content (AvgIpc) is 2.29. The maximum absolute atomic E-state index is 5.27. The van der Waals surface area contributed by atoms with Gasteiger partial charge in [-0.1, -0.05) is 27.7 Å². The Hall–Kier alpha value is -0.120. The number of nitrogens with one attached hydrogen (secondary N) is 1. The average molecular weight is 258 g/mol. The molecule has 3 atom stereocenters. The Morgan fingerprint density at radius 3 is 2.11 bits per heavy atom.